The summed E-state index contributed by atoms with van der Waals surface area (Å²) in [6, 6.07) is 9.03. The highest BCUT2D eigenvalue weighted by Crippen LogP contribution is 2.42. The lowest BCUT2D eigenvalue weighted by Crippen LogP contribution is -2.42. The van der Waals surface area contributed by atoms with Crippen molar-refractivity contribution in [3.63, 3.8) is 0 Å². The second-order valence-corrected chi connectivity index (χ2v) is 10.3. The highest BCUT2D eigenvalue weighted by Gasteiger charge is 2.35. The summed E-state index contributed by atoms with van der Waals surface area (Å²) in [4.78, 5) is 35.4. The van der Waals surface area contributed by atoms with Crippen LogP contribution in [0.5, 0.6) is 0 Å². The summed E-state index contributed by atoms with van der Waals surface area (Å²) in [6.07, 6.45) is 4.02. The molecule has 10 heteroatoms. The number of oxazole rings is 1. The van der Waals surface area contributed by atoms with E-state index < -0.39 is 24.1 Å². The number of carbonyl (C=O) groups excluding carboxylic acids is 1. The number of carbonyl (C=O) groups is 2. The van der Waals surface area contributed by atoms with Crippen LogP contribution in [0.15, 0.2) is 41.1 Å². The Balaban J connectivity index is 1.53. The van der Waals surface area contributed by atoms with Crippen molar-refractivity contribution in [2.24, 2.45) is 5.92 Å². The number of nitrogens with zero attached hydrogens (tertiary/aromatic N) is 4. The van der Waals surface area contributed by atoms with E-state index in [-0.39, 0.29) is 12.1 Å². The van der Waals surface area contributed by atoms with Crippen molar-refractivity contribution in [3.8, 4) is 0 Å². The Morgan fingerprint density at radius 2 is 2.03 bits per heavy atom. The van der Waals surface area contributed by atoms with E-state index in [1.807, 2.05) is 23.6 Å². The number of methoxy groups -OCH3 is 1. The molecule has 2 aromatic carbocycles. The molecule has 0 saturated heterocycles. The number of aliphatic carboxylic acids is 1. The van der Waals surface area contributed by atoms with Crippen molar-refractivity contribution < 1.29 is 29.0 Å². The van der Waals surface area contributed by atoms with Gasteiger partial charge in [0.15, 0.2) is 12.0 Å². The van der Waals surface area contributed by atoms with Gasteiger partial charge in [0.1, 0.15) is 17.4 Å². The third-order valence-electron chi connectivity index (χ3n) is 8.13. The number of fused-ring (bicyclic) bond motifs is 4. The minimum atomic E-state index is -1.07. The second kappa shape index (κ2) is 9.43. The number of aromatic nitrogens is 3. The molecule has 38 heavy (non-hydrogen) atoms. The summed E-state index contributed by atoms with van der Waals surface area (Å²) >= 11 is 0. The minimum absolute atomic E-state index is 0.0246. The summed E-state index contributed by atoms with van der Waals surface area (Å²) in [6.45, 7) is 1.99. The van der Waals surface area contributed by atoms with Crippen LogP contribution in [-0.4, -0.2) is 50.0 Å². The molecule has 1 aliphatic heterocycles. The largest absolute Gasteiger partial charge is 0.481 e. The number of anilines is 1. The first-order chi connectivity index (χ1) is 18.4. The van der Waals surface area contributed by atoms with Gasteiger partial charge in [-0.25, -0.2) is 14.8 Å². The molecule has 0 unspecified atom stereocenters. The maximum absolute atomic E-state index is 12.6. The quantitative estimate of drug-likeness (QED) is 0.387. The summed E-state index contributed by atoms with van der Waals surface area (Å²) in [5.41, 5.74) is 5.10. The molecule has 2 aromatic heterocycles. The van der Waals surface area contributed by atoms with Crippen LogP contribution < -0.4 is 4.90 Å². The Morgan fingerprint density at radius 3 is 2.82 bits per heavy atom. The first-order valence-corrected chi connectivity index (χ1v) is 13.0. The minimum Gasteiger partial charge on any atom is -0.481 e. The molecule has 4 aromatic rings. The summed E-state index contributed by atoms with van der Waals surface area (Å²) < 4.78 is 12.5. The number of aliphatic hydroxyl groups is 1. The number of benzene rings is 2. The summed E-state index contributed by atoms with van der Waals surface area (Å²) in [5.74, 6) is -0.788. The zero-order valence-corrected chi connectivity index (χ0v) is 21.3. The molecule has 1 saturated carbocycles. The standard InChI is InChI=1S/C28H30N4O6/c1-15-6-8-19-21(31(15)28(36)37-2)9-10-22-24(19)30-26(32(22)18-5-3-4-17(12-18)27(34)35)25(33)16-7-11-23-20(13-16)29-14-38-23/h7,9-11,13-15,17-18,25,33H,3-6,8,12H2,1-2H3,(H,34,35)/t15-,17+,18+,25-/m0/s1. The van der Waals surface area contributed by atoms with E-state index in [2.05, 4.69) is 4.98 Å². The smallest absolute Gasteiger partial charge is 0.414 e. The molecule has 4 atom stereocenters. The SMILES string of the molecule is COC(=O)N1c2ccc3c(nc([C@@H](O)c4ccc5ocnc5c4)n3[C@@H]3CCC[C@@H](C(=O)O)C3)c2CC[C@@H]1C. The van der Waals surface area contributed by atoms with Crippen LogP contribution in [0.1, 0.15) is 68.1 Å². The lowest BCUT2D eigenvalue weighted by Gasteiger charge is -2.34. The van der Waals surface area contributed by atoms with Crippen LogP contribution in [0, 0.1) is 5.92 Å². The maximum Gasteiger partial charge on any atom is 0.414 e. The molecule has 2 aliphatic rings. The van der Waals surface area contributed by atoms with Crippen molar-refractivity contribution in [1.82, 2.24) is 14.5 Å². The zero-order valence-electron chi connectivity index (χ0n) is 21.3. The fourth-order valence-electron chi connectivity index (χ4n) is 6.19. The van der Waals surface area contributed by atoms with Crippen molar-refractivity contribution in [2.45, 2.75) is 63.6 Å². The molecule has 1 fully saturated rings. The number of hydrogen-bond donors (Lipinski definition) is 2. The zero-order chi connectivity index (χ0) is 26.6. The van der Waals surface area contributed by atoms with Crippen molar-refractivity contribution in [2.75, 3.05) is 12.0 Å². The van der Waals surface area contributed by atoms with Crippen LogP contribution in [-0.2, 0) is 16.0 Å². The summed E-state index contributed by atoms with van der Waals surface area (Å²) in [7, 11) is 1.37. The molecule has 10 nitrogen and oxygen atoms in total. The Hall–Kier alpha value is -3.92. The highest BCUT2D eigenvalue weighted by molar-refractivity contribution is 5.95. The van der Waals surface area contributed by atoms with E-state index in [0.717, 1.165) is 48.0 Å². The molecule has 1 aliphatic carbocycles. The Bertz CT molecular complexity index is 1540. The molecule has 3 heterocycles. The normalized spacial score (nSPS) is 22.4. The number of aryl methyl sites for hydroxylation is 1. The number of aliphatic hydroxyl groups excluding tert-OH is 1. The van der Waals surface area contributed by atoms with E-state index >= 15 is 0 Å². The predicted octanol–water partition coefficient (Wildman–Crippen LogP) is 4.98. The molecular formula is C28H30N4O6. The van der Waals surface area contributed by atoms with Gasteiger partial charge >= 0.3 is 12.1 Å². The molecule has 0 radical (unpaired) electrons. The van der Waals surface area contributed by atoms with Gasteiger partial charge < -0.3 is 23.9 Å². The van der Waals surface area contributed by atoms with Crippen LogP contribution in [0.25, 0.3) is 22.1 Å². The molecule has 198 valence electrons. The third-order valence-corrected chi connectivity index (χ3v) is 8.13. The average Bonchev–Trinajstić information content (AvgIpc) is 3.56. The van der Waals surface area contributed by atoms with E-state index in [1.54, 1.807) is 23.1 Å². The van der Waals surface area contributed by atoms with Gasteiger partial charge in [-0.3, -0.25) is 9.69 Å². The second-order valence-electron chi connectivity index (χ2n) is 10.3. The molecule has 0 spiro atoms. The van der Waals surface area contributed by atoms with E-state index in [0.29, 0.717) is 35.3 Å². The molecule has 2 N–H and O–H groups in total. The van der Waals surface area contributed by atoms with Crippen LogP contribution in [0.2, 0.25) is 0 Å². The number of carboxylic acids is 1. The highest BCUT2D eigenvalue weighted by atomic mass is 16.5. The van der Waals surface area contributed by atoms with Gasteiger partial charge in [-0.1, -0.05) is 12.5 Å². The number of rotatable bonds is 4. The number of imidazole rings is 1. The van der Waals surface area contributed by atoms with Gasteiger partial charge in [-0.15, -0.1) is 0 Å². The topological polar surface area (TPSA) is 131 Å². The fourth-order valence-corrected chi connectivity index (χ4v) is 6.19. The van der Waals surface area contributed by atoms with Crippen molar-refractivity contribution in [1.29, 1.82) is 0 Å². The molecular weight excluding hydrogens is 488 g/mol. The van der Waals surface area contributed by atoms with Gasteiger partial charge in [-0.2, -0.15) is 0 Å². The van der Waals surface area contributed by atoms with E-state index in [4.69, 9.17) is 14.1 Å². The number of hydrogen-bond acceptors (Lipinski definition) is 7. The predicted molar refractivity (Wildman–Crippen MR) is 139 cm³/mol. The first-order valence-electron chi connectivity index (χ1n) is 13.0. The monoisotopic (exact) mass is 518 g/mol. The van der Waals surface area contributed by atoms with Gasteiger partial charge in [0.2, 0.25) is 0 Å². The Kier molecular flexibility index (Phi) is 6.06. The van der Waals surface area contributed by atoms with Gasteiger partial charge in [-0.05, 0) is 68.9 Å². The van der Waals surface area contributed by atoms with Gasteiger partial charge in [0.25, 0.3) is 0 Å². The molecule has 1 amide bonds. The summed E-state index contributed by atoms with van der Waals surface area (Å²) in [5, 5.41) is 21.4. The third kappa shape index (κ3) is 3.91. The van der Waals surface area contributed by atoms with E-state index in [1.165, 1.54) is 13.5 Å². The van der Waals surface area contributed by atoms with E-state index in [9.17, 15) is 19.8 Å². The molecule has 6 rings (SSSR count). The van der Waals surface area contributed by atoms with Crippen LogP contribution in [0.4, 0.5) is 10.5 Å². The Morgan fingerprint density at radius 1 is 1.18 bits per heavy atom. The van der Waals surface area contributed by atoms with Crippen molar-refractivity contribution >= 4 is 39.9 Å². The van der Waals surface area contributed by atoms with Crippen LogP contribution >= 0.6 is 0 Å². The van der Waals surface area contributed by atoms with Crippen molar-refractivity contribution in [3.05, 3.63) is 53.7 Å². The molecule has 0 bridgehead atoms. The number of ether oxygens (including phenoxy) is 1. The van der Waals surface area contributed by atoms with Gasteiger partial charge in [0, 0.05) is 17.6 Å². The lowest BCUT2D eigenvalue weighted by atomic mass is 9.85. The fraction of sp³-hybridized carbons (Fsp3) is 0.429. The number of carboxylic acid groups (broad SMARTS) is 1. The van der Waals surface area contributed by atoms with Crippen LogP contribution in [0.3, 0.4) is 0 Å². The average molecular weight is 519 g/mol. The maximum atomic E-state index is 12.6. The lowest BCUT2D eigenvalue weighted by molar-refractivity contribution is -0.143. The Labute approximate surface area is 218 Å². The van der Waals surface area contributed by atoms with Gasteiger partial charge in [0.05, 0.1) is 29.7 Å². The number of amides is 1. The first kappa shape index (κ1) is 24.4.